The molecule has 2 aromatic heterocycles. The summed E-state index contributed by atoms with van der Waals surface area (Å²) in [6.45, 7) is 6.29. The van der Waals surface area contributed by atoms with Gasteiger partial charge in [-0.15, -0.1) is 11.3 Å². The second-order valence-electron chi connectivity index (χ2n) is 17.7. The van der Waals surface area contributed by atoms with Crippen LogP contribution in [0, 0.1) is 41.9 Å². The number of aryl methyl sites for hydroxylation is 2. The lowest BCUT2D eigenvalue weighted by Gasteiger charge is -2.48. The van der Waals surface area contributed by atoms with Gasteiger partial charge in [-0.1, -0.05) is 71.8 Å². The molecule has 11 nitrogen and oxygen atoms in total. The smallest absolute Gasteiger partial charge is 0.242 e. The standard InChI is InChI=1S/C49H48ClN5O6S/c1-27-34-23-30(50)12-17-41(34)62-44(27)38-25-42(52(3)51-38)55-46(58)37-24-35-32(36(49(37,2)48(55)60)15-10-28-11-16-39(56)40(22-28)61-4)13-14-33-43(35)47(59)54(45(33)57)31-18-20-53(21-19-31)26-29-8-6-5-7-9-29/h5-13,15-17,22-23,25,31,33,35-37,43,56H,14,18-21,24,26H2,1-4H3/t33-,35+,36-,37-,43-,49-/m0/s1. The van der Waals surface area contributed by atoms with Crippen molar-refractivity contribution in [3.05, 3.63) is 112 Å². The van der Waals surface area contributed by atoms with Crippen LogP contribution in [0.25, 0.3) is 26.7 Å². The molecule has 2 aliphatic carbocycles. The van der Waals surface area contributed by atoms with Crippen molar-refractivity contribution >= 4 is 68.5 Å². The first-order chi connectivity index (χ1) is 29.9. The number of rotatable bonds is 8. The summed E-state index contributed by atoms with van der Waals surface area (Å²) in [7, 11) is 3.23. The highest BCUT2D eigenvalue weighted by Crippen LogP contribution is 2.61. The number of phenols is 1. The van der Waals surface area contributed by atoms with Crippen molar-refractivity contribution in [2.75, 3.05) is 25.1 Å². The molecule has 62 heavy (non-hydrogen) atoms. The third-order valence-corrected chi connectivity index (χ3v) is 16.0. The fourth-order valence-corrected chi connectivity index (χ4v) is 12.5. The number of piperidine rings is 1. The van der Waals surface area contributed by atoms with Gasteiger partial charge in [-0.2, -0.15) is 5.10 Å². The van der Waals surface area contributed by atoms with E-state index in [0.29, 0.717) is 41.5 Å². The molecule has 3 aromatic carbocycles. The Morgan fingerprint density at radius 1 is 0.968 bits per heavy atom. The Hall–Kier alpha value is -5.56. The van der Waals surface area contributed by atoms with E-state index in [4.69, 9.17) is 21.4 Å². The minimum atomic E-state index is -1.21. The van der Waals surface area contributed by atoms with Gasteiger partial charge >= 0.3 is 0 Å². The predicted octanol–water partition coefficient (Wildman–Crippen LogP) is 8.42. The minimum absolute atomic E-state index is 0.00340. The molecule has 3 aliphatic heterocycles. The van der Waals surface area contributed by atoms with Crippen LogP contribution in [0.15, 0.2) is 90.5 Å². The molecule has 10 rings (SSSR count). The molecule has 4 amide bonds. The third-order valence-electron chi connectivity index (χ3n) is 14.5. The number of hydrogen-bond donors (Lipinski definition) is 1. The maximum Gasteiger partial charge on any atom is 0.242 e. The molecular formula is C49H48ClN5O6S. The highest BCUT2D eigenvalue weighted by atomic mass is 35.5. The number of nitrogens with zero attached hydrogens (tertiary/aromatic N) is 5. The summed E-state index contributed by atoms with van der Waals surface area (Å²) in [6.07, 6.45) is 8.01. The summed E-state index contributed by atoms with van der Waals surface area (Å²) in [6, 6.07) is 22.8. The van der Waals surface area contributed by atoms with Gasteiger partial charge in [-0.3, -0.25) is 33.7 Å². The fraction of sp³-hybridized carbons (Fsp3) is 0.367. The Bertz CT molecular complexity index is 2730. The Labute approximate surface area is 369 Å². The second kappa shape index (κ2) is 15.4. The van der Waals surface area contributed by atoms with Gasteiger partial charge in [0.2, 0.25) is 23.6 Å². The van der Waals surface area contributed by atoms with Crippen LogP contribution in [0.5, 0.6) is 11.5 Å². The number of amides is 4. The van der Waals surface area contributed by atoms with Crippen LogP contribution >= 0.6 is 22.9 Å². The molecule has 13 heteroatoms. The molecule has 3 saturated heterocycles. The molecule has 5 aromatic rings. The number of benzene rings is 3. The quantitative estimate of drug-likeness (QED) is 0.122. The van der Waals surface area contributed by atoms with Gasteiger partial charge in [0.05, 0.1) is 35.2 Å². The average molecular weight is 870 g/mol. The van der Waals surface area contributed by atoms with Crippen molar-refractivity contribution in [1.82, 2.24) is 19.6 Å². The van der Waals surface area contributed by atoms with Gasteiger partial charge in [0, 0.05) is 54.4 Å². The van der Waals surface area contributed by atoms with E-state index in [9.17, 15) is 14.7 Å². The molecule has 1 saturated carbocycles. The van der Waals surface area contributed by atoms with Gasteiger partial charge in [-0.25, -0.2) is 4.90 Å². The van der Waals surface area contributed by atoms with Gasteiger partial charge in [0.25, 0.3) is 0 Å². The molecule has 0 unspecified atom stereocenters. The fourth-order valence-electron chi connectivity index (χ4n) is 11.2. The number of hydrogen-bond acceptors (Lipinski definition) is 9. The van der Waals surface area contributed by atoms with Crippen LogP contribution in [0.2, 0.25) is 5.02 Å². The molecule has 0 radical (unpaired) electrons. The number of phenolic OH excluding ortho intramolecular Hbond substituents is 1. The number of ether oxygens (including phenoxy) is 1. The maximum absolute atomic E-state index is 15.2. The second-order valence-corrected chi connectivity index (χ2v) is 19.2. The molecule has 5 heterocycles. The van der Waals surface area contributed by atoms with Gasteiger partial charge < -0.3 is 9.84 Å². The monoisotopic (exact) mass is 869 g/mol. The first-order valence-electron chi connectivity index (χ1n) is 21.4. The third kappa shape index (κ3) is 6.35. The van der Waals surface area contributed by atoms with E-state index in [0.717, 1.165) is 51.3 Å². The summed E-state index contributed by atoms with van der Waals surface area (Å²) >= 11 is 7.94. The summed E-state index contributed by atoms with van der Waals surface area (Å²) in [5.41, 5.74) is 3.34. The first-order valence-corrected chi connectivity index (χ1v) is 22.6. The zero-order chi connectivity index (χ0) is 43.2. The lowest BCUT2D eigenvalue weighted by molar-refractivity contribution is -0.144. The van der Waals surface area contributed by atoms with Crippen LogP contribution in [-0.4, -0.2) is 74.6 Å². The molecule has 1 N–H and O–H groups in total. The van der Waals surface area contributed by atoms with Crippen molar-refractivity contribution in [3.8, 4) is 22.1 Å². The van der Waals surface area contributed by atoms with E-state index < -0.39 is 35.0 Å². The largest absolute Gasteiger partial charge is 0.504 e. The highest BCUT2D eigenvalue weighted by Gasteiger charge is 2.67. The highest BCUT2D eigenvalue weighted by molar-refractivity contribution is 7.22. The number of fused-ring (bicyclic) bond motifs is 5. The SMILES string of the molecule is COc1cc(C=C[C@H]2C3=CC[C@@H]4C(=O)N(C5CCN(Cc6ccccc6)CC5)C(=O)[C@@H]4[C@@H]3C[C@H]3C(=O)N(c4cc(-c5sc6ccc(Cl)cc6c5C)nn4C)C(=O)[C@@]23C)ccc1O. The number of allylic oxidation sites excluding steroid dienone is 3. The number of aromatic hydroxyl groups is 1. The summed E-state index contributed by atoms with van der Waals surface area (Å²) in [5.74, 6) is -3.17. The molecule has 4 fully saturated rings. The lowest BCUT2D eigenvalue weighted by Crippen LogP contribution is -2.50. The molecule has 0 bridgehead atoms. The Kier molecular flexibility index (Phi) is 10.0. The molecule has 6 atom stereocenters. The Balaban J connectivity index is 0.988. The minimum Gasteiger partial charge on any atom is -0.504 e. The number of imide groups is 2. The predicted molar refractivity (Wildman–Crippen MR) is 239 cm³/mol. The van der Waals surface area contributed by atoms with E-state index in [1.165, 1.54) is 17.6 Å². The number of anilines is 1. The van der Waals surface area contributed by atoms with Crippen LogP contribution in [0.1, 0.15) is 49.3 Å². The number of methoxy groups -OCH3 is 1. The summed E-state index contributed by atoms with van der Waals surface area (Å²) in [5, 5.41) is 16.8. The van der Waals surface area contributed by atoms with Crippen molar-refractivity contribution in [2.45, 2.75) is 52.1 Å². The molecular weight excluding hydrogens is 822 g/mol. The van der Waals surface area contributed by atoms with Crippen LogP contribution in [0.4, 0.5) is 5.82 Å². The van der Waals surface area contributed by atoms with E-state index in [-0.39, 0.29) is 41.8 Å². The van der Waals surface area contributed by atoms with E-state index in [1.807, 2.05) is 68.5 Å². The van der Waals surface area contributed by atoms with E-state index >= 15 is 9.59 Å². The Morgan fingerprint density at radius 2 is 1.74 bits per heavy atom. The lowest BCUT2D eigenvalue weighted by atomic mass is 9.52. The number of carbonyl (C=O) groups excluding carboxylic acids is 4. The van der Waals surface area contributed by atoms with Gasteiger partial charge in [-0.05, 0) is 97.9 Å². The number of halogens is 1. The number of aromatic nitrogens is 2. The Morgan fingerprint density at radius 3 is 2.50 bits per heavy atom. The maximum atomic E-state index is 15.2. The van der Waals surface area contributed by atoms with Crippen molar-refractivity contribution in [2.24, 2.45) is 42.1 Å². The number of thiophene rings is 1. The summed E-state index contributed by atoms with van der Waals surface area (Å²) in [4.78, 5) is 65.5. The zero-order valence-corrected chi connectivity index (χ0v) is 36.7. The normalized spacial score (nSPS) is 26.7. The first kappa shape index (κ1) is 40.5. The zero-order valence-electron chi connectivity index (χ0n) is 35.1. The van der Waals surface area contributed by atoms with Gasteiger partial charge in [0.15, 0.2) is 11.5 Å². The van der Waals surface area contributed by atoms with Gasteiger partial charge in [0.1, 0.15) is 11.5 Å². The summed E-state index contributed by atoms with van der Waals surface area (Å²) < 4.78 is 8.05. The molecule has 318 valence electrons. The topological polar surface area (TPSA) is 125 Å². The van der Waals surface area contributed by atoms with Crippen LogP contribution in [-0.2, 0) is 32.8 Å². The number of likely N-dealkylation sites (tertiary alicyclic amines) is 2. The van der Waals surface area contributed by atoms with Crippen molar-refractivity contribution in [3.63, 3.8) is 0 Å². The van der Waals surface area contributed by atoms with E-state index in [1.54, 1.807) is 46.2 Å². The van der Waals surface area contributed by atoms with E-state index in [2.05, 4.69) is 23.1 Å². The number of carbonyl (C=O) groups is 4. The van der Waals surface area contributed by atoms with Crippen molar-refractivity contribution < 1.29 is 29.0 Å². The van der Waals surface area contributed by atoms with Crippen molar-refractivity contribution in [1.29, 1.82) is 0 Å². The van der Waals surface area contributed by atoms with Crippen LogP contribution in [0.3, 0.4) is 0 Å². The average Bonchev–Trinajstić information content (AvgIpc) is 3.94. The van der Waals surface area contributed by atoms with Crippen LogP contribution < -0.4 is 9.64 Å². The molecule has 0 spiro atoms. The molecule has 5 aliphatic rings.